The molecule has 0 aromatic carbocycles. The molecule has 1 aromatic rings. The van der Waals surface area contributed by atoms with Crippen LogP contribution in [0.3, 0.4) is 0 Å². The van der Waals surface area contributed by atoms with Gasteiger partial charge in [-0.15, -0.1) is 0 Å². The molecule has 5 heteroatoms. The van der Waals surface area contributed by atoms with Crippen LogP contribution in [0.5, 0.6) is 0 Å². The molecule has 0 aliphatic heterocycles. The third-order valence-electron chi connectivity index (χ3n) is 1.63. The maximum Gasteiger partial charge on any atom is 0.335 e. The maximum absolute atomic E-state index is 10.7. The lowest BCUT2D eigenvalue weighted by Gasteiger charge is -2.03. The molecule has 0 atom stereocenters. The second kappa shape index (κ2) is 4.69. The molecule has 0 aliphatic rings. The summed E-state index contributed by atoms with van der Waals surface area (Å²) in [5, 5.41) is 17.6. The molecule has 0 bridgehead atoms. The number of ether oxygens (including phenoxy) is 1. The number of nitrogens with zero attached hydrogens (tertiary/aromatic N) is 1. The number of carboxylic acids is 1. The Hall–Kier alpha value is -1.46. The highest BCUT2D eigenvalue weighted by molar-refractivity contribution is 5.87. The standard InChI is InChI=1S/C9H11NO4/c1-14-5-8-3-6(9(12)13)2-7(4-11)10-8/h2-3,11H,4-5H2,1H3,(H,12,13). The first kappa shape index (κ1) is 10.6. The summed E-state index contributed by atoms with van der Waals surface area (Å²) >= 11 is 0. The molecule has 1 aromatic heterocycles. The molecule has 1 rings (SSSR count). The predicted molar refractivity (Wildman–Crippen MR) is 47.8 cm³/mol. The number of carboxylic acid groups (broad SMARTS) is 1. The monoisotopic (exact) mass is 197 g/mol. The highest BCUT2D eigenvalue weighted by Gasteiger charge is 2.07. The number of carbonyl (C=O) groups is 1. The van der Waals surface area contributed by atoms with Crippen molar-refractivity contribution in [3.05, 3.63) is 29.1 Å². The molecular formula is C9H11NO4. The van der Waals surface area contributed by atoms with Crippen LogP contribution in [-0.4, -0.2) is 28.3 Å². The minimum absolute atomic E-state index is 0.108. The van der Waals surface area contributed by atoms with Gasteiger partial charge in [-0.05, 0) is 12.1 Å². The van der Waals surface area contributed by atoms with Crippen LogP contribution < -0.4 is 0 Å². The van der Waals surface area contributed by atoms with Gasteiger partial charge < -0.3 is 14.9 Å². The lowest BCUT2D eigenvalue weighted by molar-refractivity contribution is 0.0696. The minimum Gasteiger partial charge on any atom is -0.478 e. The largest absolute Gasteiger partial charge is 0.478 e. The summed E-state index contributed by atoms with van der Waals surface area (Å²) in [5.41, 5.74) is 0.935. The fraction of sp³-hybridized carbons (Fsp3) is 0.333. The lowest BCUT2D eigenvalue weighted by Crippen LogP contribution is -2.04. The Morgan fingerprint density at radius 3 is 2.64 bits per heavy atom. The van der Waals surface area contributed by atoms with Gasteiger partial charge in [-0.2, -0.15) is 0 Å². The molecule has 0 unspecified atom stereocenters. The highest BCUT2D eigenvalue weighted by Crippen LogP contribution is 2.07. The number of aromatic carboxylic acids is 1. The molecule has 5 nitrogen and oxygen atoms in total. The van der Waals surface area contributed by atoms with Gasteiger partial charge >= 0.3 is 5.97 Å². The predicted octanol–water partition coefficient (Wildman–Crippen LogP) is 0.418. The van der Waals surface area contributed by atoms with Crippen LogP contribution in [0.1, 0.15) is 21.7 Å². The van der Waals surface area contributed by atoms with E-state index in [2.05, 4.69) is 4.98 Å². The van der Waals surface area contributed by atoms with Crippen molar-refractivity contribution in [1.82, 2.24) is 4.98 Å². The summed E-state index contributed by atoms with van der Waals surface area (Å²) < 4.78 is 4.83. The summed E-state index contributed by atoms with van der Waals surface area (Å²) in [7, 11) is 1.49. The lowest BCUT2D eigenvalue weighted by atomic mass is 10.2. The van der Waals surface area contributed by atoms with E-state index in [1.807, 2.05) is 0 Å². The zero-order valence-electron chi connectivity index (χ0n) is 7.73. The van der Waals surface area contributed by atoms with Crippen LogP contribution in [0, 0.1) is 0 Å². The van der Waals surface area contributed by atoms with Crippen molar-refractivity contribution >= 4 is 5.97 Å². The number of aromatic nitrogens is 1. The minimum atomic E-state index is -1.04. The molecule has 14 heavy (non-hydrogen) atoms. The van der Waals surface area contributed by atoms with Gasteiger partial charge in [0, 0.05) is 7.11 Å². The van der Waals surface area contributed by atoms with Crippen molar-refractivity contribution in [2.24, 2.45) is 0 Å². The van der Waals surface area contributed by atoms with Crippen molar-refractivity contribution < 1.29 is 19.7 Å². The van der Waals surface area contributed by atoms with Gasteiger partial charge in [0.25, 0.3) is 0 Å². The van der Waals surface area contributed by atoms with Crippen molar-refractivity contribution in [1.29, 1.82) is 0 Å². The van der Waals surface area contributed by atoms with Crippen molar-refractivity contribution in [2.45, 2.75) is 13.2 Å². The summed E-state index contributed by atoms with van der Waals surface area (Å²) in [4.78, 5) is 14.7. The first-order chi connectivity index (χ1) is 6.67. The van der Waals surface area contributed by atoms with Gasteiger partial charge in [-0.1, -0.05) is 0 Å². The molecule has 1 heterocycles. The van der Waals surface area contributed by atoms with Crippen molar-refractivity contribution in [3.8, 4) is 0 Å². The molecular weight excluding hydrogens is 186 g/mol. The number of pyridine rings is 1. The molecule has 0 radical (unpaired) electrons. The highest BCUT2D eigenvalue weighted by atomic mass is 16.5. The molecule has 76 valence electrons. The second-order valence-electron chi connectivity index (χ2n) is 2.73. The Morgan fingerprint density at radius 2 is 2.14 bits per heavy atom. The smallest absolute Gasteiger partial charge is 0.335 e. The quantitative estimate of drug-likeness (QED) is 0.731. The van der Waals surface area contributed by atoms with Gasteiger partial charge in [0.05, 0.1) is 30.2 Å². The average molecular weight is 197 g/mol. The van der Waals surface area contributed by atoms with Gasteiger partial charge in [0.1, 0.15) is 0 Å². The molecule has 0 amide bonds. The molecule has 2 N–H and O–H groups in total. The van der Waals surface area contributed by atoms with E-state index in [9.17, 15) is 4.79 Å². The third kappa shape index (κ3) is 2.51. The number of hydrogen-bond acceptors (Lipinski definition) is 4. The molecule has 0 fully saturated rings. The summed E-state index contributed by atoms with van der Waals surface area (Å²) in [6, 6.07) is 2.76. The first-order valence-corrected chi connectivity index (χ1v) is 4.00. The third-order valence-corrected chi connectivity index (χ3v) is 1.63. The Morgan fingerprint density at radius 1 is 1.50 bits per heavy atom. The van der Waals surface area contributed by atoms with E-state index in [1.54, 1.807) is 0 Å². The number of aliphatic hydroxyl groups excluding tert-OH is 1. The fourth-order valence-electron chi connectivity index (χ4n) is 1.08. The maximum atomic E-state index is 10.7. The summed E-state index contributed by atoms with van der Waals surface area (Å²) in [6.45, 7) is -0.0496. The summed E-state index contributed by atoms with van der Waals surface area (Å²) in [5.74, 6) is -1.04. The number of aliphatic hydroxyl groups is 1. The van der Waals surface area contributed by atoms with Gasteiger partial charge in [-0.3, -0.25) is 4.98 Å². The Bertz CT molecular complexity index is 338. The topological polar surface area (TPSA) is 79.7 Å². The van der Waals surface area contributed by atoms with E-state index in [0.29, 0.717) is 11.4 Å². The zero-order valence-corrected chi connectivity index (χ0v) is 7.73. The first-order valence-electron chi connectivity index (χ1n) is 4.00. The molecule has 0 spiro atoms. The SMILES string of the molecule is COCc1cc(C(=O)O)cc(CO)n1. The summed E-state index contributed by atoms with van der Waals surface area (Å²) in [6.07, 6.45) is 0. The van der Waals surface area contributed by atoms with Crippen molar-refractivity contribution in [2.75, 3.05) is 7.11 Å². The molecule has 0 saturated heterocycles. The van der Waals surface area contributed by atoms with E-state index in [4.69, 9.17) is 14.9 Å². The fourth-order valence-corrected chi connectivity index (χ4v) is 1.08. The van der Waals surface area contributed by atoms with Gasteiger partial charge in [0.15, 0.2) is 0 Å². The normalized spacial score (nSPS) is 10.1. The Labute approximate surface area is 81.0 Å². The Kier molecular flexibility index (Phi) is 3.55. The van der Waals surface area contributed by atoms with Gasteiger partial charge in [0.2, 0.25) is 0 Å². The van der Waals surface area contributed by atoms with E-state index < -0.39 is 5.97 Å². The van der Waals surface area contributed by atoms with E-state index in [1.165, 1.54) is 19.2 Å². The number of rotatable bonds is 4. The average Bonchev–Trinajstić information content (AvgIpc) is 2.17. The van der Waals surface area contributed by atoms with Gasteiger partial charge in [-0.25, -0.2) is 4.79 Å². The number of methoxy groups -OCH3 is 1. The van der Waals surface area contributed by atoms with E-state index >= 15 is 0 Å². The second-order valence-corrected chi connectivity index (χ2v) is 2.73. The van der Waals surface area contributed by atoms with E-state index in [0.717, 1.165) is 0 Å². The molecule has 0 aliphatic carbocycles. The van der Waals surface area contributed by atoms with Crippen LogP contribution in [0.4, 0.5) is 0 Å². The zero-order chi connectivity index (χ0) is 10.6. The molecule has 0 saturated carbocycles. The van der Waals surface area contributed by atoms with Crippen LogP contribution in [0.2, 0.25) is 0 Å². The van der Waals surface area contributed by atoms with Crippen LogP contribution in [0.25, 0.3) is 0 Å². The Balaban J connectivity index is 3.06. The van der Waals surface area contributed by atoms with Crippen LogP contribution >= 0.6 is 0 Å². The van der Waals surface area contributed by atoms with Crippen LogP contribution in [0.15, 0.2) is 12.1 Å². The van der Waals surface area contributed by atoms with Crippen LogP contribution in [-0.2, 0) is 18.0 Å². The van der Waals surface area contributed by atoms with Crippen molar-refractivity contribution in [3.63, 3.8) is 0 Å². The van der Waals surface area contributed by atoms with E-state index in [-0.39, 0.29) is 18.8 Å². The number of hydrogen-bond donors (Lipinski definition) is 2.